The van der Waals surface area contributed by atoms with Crippen molar-refractivity contribution < 1.29 is 9.53 Å². The Kier molecular flexibility index (Phi) is 12.3. The SMILES string of the molecule is CCCCCCCCC(=O)CSC(=S)OCC. The van der Waals surface area contributed by atoms with E-state index < -0.39 is 0 Å². The fraction of sp³-hybridized carbons (Fsp3) is 0.846. The molecule has 0 aromatic rings. The second-order valence-electron chi connectivity index (χ2n) is 4.03. The van der Waals surface area contributed by atoms with Crippen molar-refractivity contribution in [1.82, 2.24) is 0 Å². The molecule has 0 aliphatic heterocycles. The van der Waals surface area contributed by atoms with Gasteiger partial charge in [0.15, 0.2) is 0 Å². The minimum Gasteiger partial charge on any atom is -0.479 e. The molecule has 4 heteroatoms. The van der Waals surface area contributed by atoms with Crippen molar-refractivity contribution in [3.05, 3.63) is 0 Å². The fourth-order valence-corrected chi connectivity index (χ4v) is 2.39. The molecule has 2 nitrogen and oxygen atoms in total. The van der Waals surface area contributed by atoms with Crippen LogP contribution in [0.25, 0.3) is 0 Å². The van der Waals surface area contributed by atoms with E-state index in [0.717, 1.165) is 6.42 Å². The van der Waals surface area contributed by atoms with Crippen molar-refractivity contribution >= 4 is 34.1 Å². The van der Waals surface area contributed by atoms with E-state index in [-0.39, 0.29) is 5.78 Å². The number of thiocarbonyl (C=S) groups is 1. The van der Waals surface area contributed by atoms with Gasteiger partial charge in [-0.15, -0.1) is 0 Å². The number of hydrogen-bond donors (Lipinski definition) is 0. The van der Waals surface area contributed by atoms with Crippen LogP contribution in [-0.4, -0.2) is 22.5 Å². The molecule has 0 aromatic heterocycles. The van der Waals surface area contributed by atoms with Crippen molar-refractivity contribution in [2.24, 2.45) is 0 Å². The van der Waals surface area contributed by atoms with Gasteiger partial charge in [-0.25, -0.2) is 0 Å². The topological polar surface area (TPSA) is 26.3 Å². The number of thioether (sulfide) groups is 1. The first-order valence-electron chi connectivity index (χ1n) is 6.52. The zero-order chi connectivity index (χ0) is 12.9. The zero-order valence-corrected chi connectivity index (χ0v) is 12.6. The van der Waals surface area contributed by atoms with Crippen molar-refractivity contribution in [3.8, 4) is 0 Å². The lowest BCUT2D eigenvalue weighted by atomic mass is 10.1. The lowest BCUT2D eigenvalue weighted by Crippen LogP contribution is -2.05. The average Bonchev–Trinajstić information content (AvgIpc) is 2.31. The highest BCUT2D eigenvalue weighted by molar-refractivity contribution is 8.23. The van der Waals surface area contributed by atoms with E-state index in [1.807, 2.05) is 6.92 Å². The van der Waals surface area contributed by atoms with Gasteiger partial charge in [0, 0.05) is 6.42 Å². The minimum atomic E-state index is 0.285. The van der Waals surface area contributed by atoms with E-state index in [0.29, 0.717) is 23.2 Å². The third kappa shape index (κ3) is 12.2. The summed E-state index contributed by atoms with van der Waals surface area (Å²) in [6.07, 6.45) is 8.01. The minimum absolute atomic E-state index is 0.285. The van der Waals surface area contributed by atoms with Crippen LogP contribution >= 0.6 is 24.0 Å². The van der Waals surface area contributed by atoms with Crippen LogP contribution in [-0.2, 0) is 9.53 Å². The Bertz CT molecular complexity index is 217. The van der Waals surface area contributed by atoms with Crippen LogP contribution in [0.5, 0.6) is 0 Å². The molecule has 0 heterocycles. The molecular formula is C13H24O2S2. The van der Waals surface area contributed by atoms with E-state index >= 15 is 0 Å². The second kappa shape index (κ2) is 12.4. The van der Waals surface area contributed by atoms with E-state index in [9.17, 15) is 4.79 Å². The molecule has 0 N–H and O–H groups in total. The van der Waals surface area contributed by atoms with Crippen LogP contribution in [0.15, 0.2) is 0 Å². The summed E-state index contributed by atoms with van der Waals surface area (Å²) in [5, 5.41) is 0. The number of hydrogen-bond acceptors (Lipinski definition) is 4. The zero-order valence-electron chi connectivity index (χ0n) is 11.0. The molecule has 0 fully saturated rings. The summed E-state index contributed by atoms with van der Waals surface area (Å²) in [4.78, 5) is 11.5. The quantitative estimate of drug-likeness (QED) is 0.437. The predicted molar refractivity (Wildman–Crippen MR) is 79.7 cm³/mol. The molecular weight excluding hydrogens is 252 g/mol. The largest absolute Gasteiger partial charge is 0.479 e. The first kappa shape index (κ1) is 16.9. The molecule has 0 spiro atoms. The third-order valence-corrected chi connectivity index (χ3v) is 3.71. The van der Waals surface area contributed by atoms with Gasteiger partial charge in [-0.3, -0.25) is 4.79 Å². The standard InChI is InChI=1S/C13H24O2S2/c1-3-5-6-7-8-9-10-12(14)11-17-13(16)15-4-2/h3-11H2,1-2H3. The summed E-state index contributed by atoms with van der Waals surface area (Å²) in [6, 6.07) is 0. The number of rotatable bonds is 10. The summed E-state index contributed by atoms with van der Waals surface area (Å²) in [5.41, 5.74) is 0. The number of unbranched alkanes of at least 4 members (excludes halogenated alkanes) is 5. The van der Waals surface area contributed by atoms with Gasteiger partial charge in [-0.2, -0.15) is 0 Å². The summed E-state index contributed by atoms with van der Waals surface area (Å²) in [5.74, 6) is 0.751. The molecule has 0 atom stereocenters. The molecule has 0 radical (unpaired) electrons. The van der Waals surface area contributed by atoms with Gasteiger partial charge in [-0.05, 0) is 25.6 Å². The van der Waals surface area contributed by atoms with Crippen LogP contribution in [0, 0.1) is 0 Å². The molecule has 0 bridgehead atoms. The molecule has 0 aromatic carbocycles. The summed E-state index contributed by atoms with van der Waals surface area (Å²) >= 11 is 6.28. The lowest BCUT2D eigenvalue weighted by Gasteiger charge is -2.03. The first-order chi connectivity index (χ1) is 8.20. The number of ether oxygens (including phenoxy) is 1. The second-order valence-corrected chi connectivity index (χ2v) is 5.61. The lowest BCUT2D eigenvalue weighted by molar-refractivity contribution is -0.116. The maximum Gasteiger partial charge on any atom is 0.220 e. The molecule has 100 valence electrons. The van der Waals surface area contributed by atoms with Gasteiger partial charge in [0.25, 0.3) is 0 Å². The summed E-state index contributed by atoms with van der Waals surface area (Å²) in [6.45, 7) is 4.68. The van der Waals surface area contributed by atoms with E-state index in [1.54, 1.807) is 0 Å². The number of ketones is 1. The van der Waals surface area contributed by atoms with Gasteiger partial charge in [0.05, 0.1) is 12.4 Å². The number of Topliss-reactive ketones (excluding diaryl/α,β-unsaturated/α-hetero) is 1. The number of carbonyl (C=O) groups excluding carboxylic acids is 1. The molecule has 0 saturated carbocycles. The van der Waals surface area contributed by atoms with E-state index in [4.69, 9.17) is 17.0 Å². The Labute approximate surface area is 115 Å². The predicted octanol–water partition coefficient (Wildman–Crippen LogP) is 4.36. The third-order valence-electron chi connectivity index (χ3n) is 2.42. The molecule has 0 rings (SSSR count). The van der Waals surface area contributed by atoms with Crippen LogP contribution in [0.2, 0.25) is 0 Å². The van der Waals surface area contributed by atoms with Crippen molar-refractivity contribution in [3.63, 3.8) is 0 Å². The Balaban J connectivity index is 3.31. The number of carbonyl (C=O) groups is 1. The van der Waals surface area contributed by atoms with Crippen molar-refractivity contribution in [2.75, 3.05) is 12.4 Å². The normalized spacial score (nSPS) is 10.2. The van der Waals surface area contributed by atoms with Gasteiger partial charge in [0.1, 0.15) is 5.78 Å². The summed E-state index contributed by atoms with van der Waals surface area (Å²) in [7, 11) is 0. The highest BCUT2D eigenvalue weighted by Gasteiger charge is 2.05. The van der Waals surface area contributed by atoms with Crippen molar-refractivity contribution in [1.29, 1.82) is 0 Å². The molecule has 0 saturated heterocycles. The maximum absolute atomic E-state index is 11.5. The first-order valence-corrected chi connectivity index (χ1v) is 7.91. The fourth-order valence-electron chi connectivity index (χ4n) is 1.47. The smallest absolute Gasteiger partial charge is 0.220 e. The Hall–Kier alpha value is -0.0900. The van der Waals surface area contributed by atoms with E-state index in [1.165, 1.54) is 43.9 Å². The summed E-state index contributed by atoms with van der Waals surface area (Å²) < 4.78 is 5.59. The molecule has 17 heavy (non-hydrogen) atoms. The Morgan fingerprint density at radius 3 is 2.41 bits per heavy atom. The average molecular weight is 276 g/mol. The molecule has 0 aliphatic carbocycles. The highest BCUT2D eigenvalue weighted by Crippen LogP contribution is 2.11. The van der Waals surface area contributed by atoms with E-state index in [2.05, 4.69) is 6.92 Å². The van der Waals surface area contributed by atoms with Crippen LogP contribution in [0.4, 0.5) is 0 Å². The van der Waals surface area contributed by atoms with Crippen molar-refractivity contribution in [2.45, 2.75) is 58.8 Å². The van der Waals surface area contributed by atoms with Gasteiger partial charge >= 0.3 is 0 Å². The Morgan fingerprint density at radius 2 is 1.76 bits per heavy atom. The molecule has 0 amide bonds. The Morgan fingerprint density at radius 1 is 1.12 bits per heavy atom. The maximum atomic E-state index is 11.5. The van der Waals surface area contributed by atoms with Crippen LogP contribution in [0.1, 0.15) is 58.8 Å². The van der Waals surface area contributed by atoms with Crippen LogP contribution in [0.3, 0.4) is 0 Å². The molecule has 0 aliphatic rings. The van der Waals surface area contributed by atoms with Gasteiger partial charge < -0.3 is 4.74 Å². The van der Waals surface area contributed by atoms with Gasteiger partial charge in [-0.1, -0.05) is 50.8 Å². The van der Waals surface area contributed by atoms with Crippen LogP contribution < -0.4 is 0 Å². The highest BCUT2D eigenvalue weighted by atomic mass is 32.2. The monoisotopic (exact) mass is 276 g/mol. The molecule has 0 unspecified atom stereocenters. The van der Waals surface area contributed by atoms with Gasteiger partial charge in [0.2, 0.25) is 4.38 Å².